The Morgan fingerprint density at radius 3 is 2.33 bits per heavy atom. The van der Waals surface area contributed by atoms with E-state index in [1.54, 1.807) is 35.2 Å². The Labute approximate surface area is 202 Å². The number of sulfonamides is 1. The van der Waals surface area contributed by atoms with Crippen molar-refractivity contribution in [2.75, 3.05) is 37.6 Å². The van der Waals surface area contributed by atoms with E-state index >= 15 is 0 Å². The fraction of sp³-hybridized carbons (Fsp3) is 0.480. The van der Waals surface area contributed by atoms with Crippen molar-refractivity contribution in [1.82, 2.24) is 9.21 Å². The molecule has 1 saturated heterocycles. The van der Waals surface area contributed by atoms with E-state index in [-0.39, 0.29) is 23.4 Å². The minimum atomic E-state index is -3.74. The van der Waals surface area contributed by atoms with Crippen LogP contribution in [0.15, 0.2) is 53.4 Å². The molecule has 0 atom stereocenters. The third-order valence-electron chi connectivity index (χ3n) is 6.77. The molecule has 1 aliphatic heterocycles. The smallest absolute Gasteiger partial charge is 0.243 e. The summed E-state index contributed by atoms with van der Waals surface area (Å²) in [6, 6.07) is 14.2. The van der Waals surface area contributed by atoms with Crippen LogP contribution in [0.25, 0.3) is 0 Å². The highest BCUT2D eigenvalue weighted by molar-refractivity contribution is 7.89. The predicted octanol–water partition coefficient (Wildman–Crippen LogP) is 4.32. The maximum absolute atomic E-state index is 13.5. The molecule has 178 valence electrons. The van der Waals surface area contributed by atoms with E-state index < -0.39 is 10.0 Å². The number of aryl methyl sites for hydroxylation is 1. The molecule has 1 heterocycles. The summed E-state index contributed by atoms with van der Waals surface area (Å²) in [5.41, 5.74) is 2.24. The molecule has 0 unspecified atom stereocenters. The quantitative estimate of drug-likeness (QED) is 0.606. The van der Waals surface area contributed by atoms with Crippen LogP contribution in [-0.2, 0) is 14.8 Å². The Kier molecular flexibility index (Phi) is 7.62. The summed E-state index contributed by atoms with van der Waals surface area (Å²) < 4.78 is 28.5. The van der Waals surface area contributed by atoms with Crippen LogP contribution in [0.3, 0.4) is 0 Å². The molecule has 1 saturated carbocycles. The zero-order valence-corrected chi connectivity index (χ0v) is 20.7. The van der Waals surface area contributed by atoms with E-state index in [1.807, 2.05) is 18.2 Å². The monoisotopic (exact) mass is 489 g/mol. The van der Waals surface area contributed by atoms with Gasteiger partial charge in [-0.2, -0.15) is 4.31 Å². The summed E-state index contributed by atoms with van der Waals surface area (Å²) in [5, 5.41) is 0.698. The molecule has 8 heteroatoms. The Hall–Kier alpha value is -2.09. The number of carbonyl (C=O) groups is 1. The summed E-state index contributed by atoms with van der Waals surface area (Å²) in [5.74, 6) is -0.123. The number of hydrogen-bond acceptors (Lipinski definition) is 4. The Morgan fingerprint density at radius 2 is 1.67 bits per heavy atom. The van der Waals surface area contributed by atoms with Gasteiger partial charge >= 0.3 is 0 Å². The van der Waals surface area contributed by atoms with Crippen LogP contribution in [-0.4, -0.2) is 62.3 Å². The third-order valence-corrected chi connectivity index (χ3v) is 8.91. The number of carbonyl (C=O) groups excluding carboxylic acids is 1. The lowest BCUT2D eigenvalue weighted by molar-refractivity contribution is -0.132. The van der Waals surface area contributed by atoms with Crippen molar-refractivity contribution in [1.29, 1.82) is 0 Å². The van der Waals surface area contributed by atoms with Gasteiger partial charge in [0.05, 0.1) is 11.4 Å². The summed E-state index contributed by atoms with van der Waals surface area (Å²) >= 11 is 6.19. The average Bonchev–Trinajstić information content (AvgIpc) is 2.85. The molecular formula is C25H32ClN3O3S. The molecule has 0 N–H and O–H groups in total. The first-order valence-corrected chi connectivity index (χ1v) is 13.5. The molecule has 1 aliphatic carbocycles. The van der Waals surface area contributed by atoms with Crippen LogP contribution in [0.5, 0.6) is 0 Å². The molecule has 2 fully saturated rings. The first-order valence-electron chi connectivity index (χ1n) is 11.7. The Morgan fingerprint density at radius 1 is 1.00 bits per heavy atom. The SMILES string of the molecule is Cc1ccc(Cl)cc1N1CCN(C(=O)CN(C2CCCCC2)S(=O)(=O)c2ccccc2)CC1. The van der Waals surface area contributed by atoms with Gasteiger partial charge in [0.15, 0.2) is 0 Å². The zero-order valence-electron chi connectivity index (χ0n) is 19.1. The molecule has 4 rings (SSSR count). The van der Waals surface area contributed by atoms with Crippen molar-refractivity contribution in [2.45, 2.75) is 50.0 Å². The molecule has 2 aromatic rings. The van der Waals surface area contributed by atoms with E-state index in [4.69, 9.17) is 11.6 Å². The number of piperazine rings is 1. The average molecular weight is 490 g/mol. The van der Waals surface area contributed by atoms with Crippen molar-refractivity contribution in [3.63, 3.8) is 0 Å². The summed E-state index contributed by atoms with van der Waals surface area (Å²) in [7, 11) is -3.74. The summed E-state index contributed by atoms with van der Waals surface area (Å²) in [4.78, 5) is 17.6. The molecular weight excluding hydrogens is 458 g/mol. The van der Waals surface area contributed by atoms with Gasteiger partial charge in [0.25, 0.3) is 0 Å². The Balaban J connectivity index is 1.47. The molecule has 0 spiro atoms. The number of hydrogen-bond donors (Lipinski definition) is 0. The number of halogens is 1. The van der Waals surface area contributed by atoms with Crippen molar-refractivity contribution < 1.29 is 13.2 Å². The highest BCUT2D eigenvalue weighted by Crippen LogP contribution is 2.29. The molecule has 6 nitrogen and oxygen atoms in total. The minimum absolute atomic E-state index is 0.0991. The lowest BCUT2D eigenvalue weighted by Gasteiger charge is -2.39. The van der Waals surface area contributed by atoms with Crippen molar-refractivity contribution in [3.05, 3.63) is 59.1 Å². The van der Waals surface area contributed by atoms with Crippen molar-refractivity contribution in [3.8, 4) is 0 Å². The van der Waals surface area contributed by atoms with Gasteiger partial charge in [0, 0.05) is 42.9 Å². The largest absolute Gasteiger partial charge is 0.368 e. The maximum Gasteiger partial charge on any atom is 0.243 e. The van der Waals surface area contributed by atoms with E-state index in [9.17, 15) is 13.2 Å². The van der Waals surface area contributed by atoms with E-state index in [0.29, 0.717) is 31.2 Å². The van der Waals surface area contributed by atoms with Crippen LogP contribution >= 0.6 is 11.6 Å². The fourth-order valence-corrected chi connectivity index (χ4v) is 6.68. The van der Waals surface area contributed by atoms with Gasteiger partial charge in [-0.15, -0.1) is 0 Å². The second kappa shape index (κ2) is 10.5. The van der Waals surface area contributed by atoms with Gasteiger partial charge < -0.3 is 9.80 Å². The molecule has 0 bridgehead atoms. The molecule has 33 heavy (non-hydrogen) atoms. The van der Waals surface area contributed by atoms with Gasteiger partial charge in [-0.25, -0.2) is 8.42 Å². The molecule has 2 aliphatic rings. The predicted molar refractivity (Wildman–Crippen MR) is 132 cm³/mol. The van der Waals surface area contributed by atoms with Crippen molar-refractivity contribution >= 4 is 33.2 Å². The van der Waals surface area contributed by atoms with Crippen LogP contribution in [0, 0.1) is 6.92 Å². The highest BCUT2D eigenvalue weighted by atomic mass is 35.5. The van der Waals surface area contributed by atoms with Crippen molar-refractivity contribution in [2.24, 2.45) is 0 Å². The van der Waals surface area contributed by atoms with Gasteiger partial charge in [-0.05, 0) is 49.6 Å². The Bertz CT molecular complexity index is 1060. The summed E-state index contributed by atoms with van der Waals surface area (Å²) in [6.07, 6.45) is 4.73. The number of benzene rings is 2. The number of anilines is 1. The standard InChI is InChI=1S/C25H32ClN3O3S/c1-20-12-13-21(26)18-24(20)27-14-16-28(17-15-27)25(30)19-29(22-8-4-2-5-9-22)33(31,32)23-10-6-3-7-11-23/h3,6-7,10-13,18,22H,2,4-5,8-9,14-17,19H2,1H3. The second-order valence-electron chi connectivity index (χ2n) is 8.95. The van der Waals surface area contributed by atoms with Gasteiger partial charge in [-0.1, -0.05) is 55.1 Å². The molecule has 0 radical (unpaired) electrons. The van der Waals surface area contributed by atoms with E-state index in [2.05, 4.69) is 11.8 Å². The lowest BCUT2D eigenvalue weighted by atomic mass is 9.95. The first kappa shape index (κ1) is 24.0. The molecule has 1 amide bonds. The zero-order chi connectivity index (χ0) is 23.4. The fourth-order valence-electron chi connectivity index (χ4n) is 4.86. The topological polar surface area (TPSA) is 60.9 Å². The van der Waals surface area contributed by atoms with E-state index in [1.165, 1.54) is 4.31 Å². The third kappa shape index (κ3) is 5.53. The first-order chi connectivity index (χ1) is 15.9. The summed E-state index contributed by atoms with van der Waals surface area (Å²) in [6.45, 7) is 4.48. The van der Waals surface area contributed by atoms with Gasteiger partial charge in [0.1, 0.15) is 0 Å². The molecule has 2 aromatic carbocycles. The second-order valence-corrected chi connectivity index (χ2v) is 11.3. The maximum atomic E-state index is 13.5. The number of amides is 1. The van der Waals surface area contributed by atoms with E-state index in [0.717, 1.165) is 43.4 Å². The van der Waals surface area contributed by atoms with Crippen LogP contribution < -0.4 is 4.90 Å². The highest BCUT2D eigenvalue weighted by Gasteiger charge is 2.35. The van der Waals surface area contributed by atoms with Crippen LogP contribution in [0.2, 0.25) is 5.02 Å². The molecule has 0 aromatic heterocycles. The number of rotatable bonds is 6. The van der Waals surface area contributed by atoms with Crippen LogP contribution in [0.4, 0.5) is 5.69 Å². The minimum Gasteiger partial charge on any atom is -0.368 e. The lowest BCUT2D eigenvalue weighted by Crippen LogP contribution is -2.53. The number of nitrogens with zero attached hydrogens (tertiary/aromatic N) is 3. The normalized spacial score (nSPS) is 18.0. The van der Waals surface area contributed by atoms with Gasteiger partial charge in [-0.3, -0.25) is 4.79 Å². The van der Waals surface area contributed by atoms with Gasteiger partial charge in [0.2, 0.25) is 15.9 Å². The van der Waals surface area contributed by atoms with Crippen LogP contribution in [0.1, 0.15) is 37.7 Å².